The molecular weight excluding hydrogens is 244 g/mol. The van der Waals surface area contributed by atoms with Crippen molar-refractivity contribution in [2.45, 2.75) is 11.8 Å². The van der Waals surface area contributed by atoms with Crippen LogP contribution in [0, 0.1) is 18.3 Å². The fraction of sp³-hybridized carbons (Fsp3) is 0.200. The van der Waals surface area contributed by atoms with Crippen LogP contribution in [-0.2, 0) is 14.8 Å². The largest absolute Gasteiger partial charge is 0.447 e. The van der Waals surface area contributed by atoms with Gasteiger partial charge in [0, 0.05) is 0 Å². The second-order valence-electron chi connectivity index (χ2n) is 3.26. The molecule has 0 aromatic heterocycles. The van der Waals surface area contributed by atoms with E-state index in [0.29, 0.717) is 5.56 Å². The van der Waals surface area contributed by atoms with Crippen molar-refractivity contribution in [3.8, 4) is 6.07 Å². The first kappa shape index (κ1) is 13.2. The number of ether oxygens (including phenoxy) is 1. The second kappa shape index (κ2) is 4.95. The Hall–Kier alpha value is -1.91. The standard InChI is InChI=1S/C10H10N2O4S/c1-7-2-3-8(10(13)16-5-4-11)6-9(7)17(12,14)15/h2-3,6H,5H2,1H3,(H2,12,14,15). The zero-order chi connectivity index (χ0) is 13.1. The molecule has 0 heterocycles. The molecule has 0 aliphatic rings. The number of hydrogen-bond acceptors (Lipinski definition) is 5. The average Bonchev–Trinajstić information content (AvgIpc) is 2.25. The van der Waals surface area contributed by atoms with Crippen molar-refractivity contribution in [2.24, 2.45) is 5.14 Å². The molecule has 0 atom stereocenters. The zero-order valence-corrected chi connectivity index (χ0v) is 9.82. The Labute approximate surface area is 98.7 Å². The van der Waals surface area contributed by atoms with Gasteiger partial charge in [-0.25, -0.2) is 18.4 Å². The van der Waals surface area contributed by atoms with E-state index in [1.54, 1.807) is 13.0 Å². The summed E-state index contributed by atoms with van der Waals surface area (Å²) in [6.07, 6.45) is 0. The number of nitrogens with two attached hydrogens (primary N) is 1. The number of primary sulfonamides is 1. The van der Waals surface area contributed by atoms with Crippen LogP contribution in [0.5, 0.6) is 0 Å². The molecule has 6 nitrogen and oxygen atoms in total. The SMILES string of the molecule is Cc1ccc(C(=O)OCC#N)cc1S(N)(=O)=O. The van der Waals surface area contributed by atoms with Crippen molar-refractivity contribution in [1.82, 2.24) is 0 Å². The predicted octanol–water partition coefficient (Wildman–Crippen LogP) is 0.323. The summed E-state index contributed by atoms with van der Waals surface area (Å²) < 4.78 is 27.0. The first-order chi connectivity index (χ1) is 7.86. The Bertz CT molecular complexity index is 587. The summed E-state index contributed by atoms with van der Waals surface area (Å²) in [6, 6.07) is 5.62. The van der Waals surface area contributed by atoms with E-state index in [0.717, 1.165) is 6.07 Å². The summed E-state index contributed by atoms with van der Waals surface area (Å²) in [5, 5.41) is 13.2. The third kappa shape index (κ3) is 3.27. The summed E-state index contributed by atoms with van der Waals surface area (Å²) in [5.41, 5.74) is 0.471. The molecule has 2 N–H and O–H groups in total. The van der Waals surface area contributed by atoms with E-state index >= 15 is 0 Å². The van der Waals surface area contributed by atoms with Gasteiger partial charge in [0.25, 0.3) is 0 Å². The lowest BCUT2D eigenvalue weighted by Crippen LogP contribution is -2.15. The first-order valence-corrected chi connectivity index (χ1v) is 6.08. The van der Waals surface area contributed by atoms with Crippen molar-refractivity contribution in [3.05, 3.63) is 29.3 Å². The van der Waals surface area contributed by atoms with E-state index in [1.165, 1.54) is 12.1 Å². The van der Waals surface area contributed by atoms with Crippen LogP contribution in [-0.4, -0.2) is 21.0 Å². The molecular formula is C10H10N2O4S. The van der Waals surface area contributed by atoms with Crippen LogP contribution in [0.25, 0.3) is 0 Å². The minimum atomic E-state index is -3.88. The fourth-order valence-electron chi connectivity index (χ4n) is 1.21. The highest BCUT2D eigenvalue weighted by Crippen LogP contribution is 2.16. The van der Waals surface area contributed by atoms with Crippen molar-refractivity contribution < 1.29 is 17.9 Å². The van der Waals surface area contributed by atoms with Crippen LogP contribution >= 0.6 is 0 Å². The van der Waals surface area contributed by atoms with Gasteiger partial charge in [-0.3, -0.25) is 0 Å². The monoisotopic (exact) mass is 254 g/mol. The first-order valence-electron chi connectivity index (χ1n) is 4.54. The maximum Gasteiger partial charge on any atom is 0.339 e. The van der Waals surface area contributed by atoms with Gasteiger partial charge in [-0.15, -0.1) is 0 Å². The van der Waals surface area contributed by atoms with Gasteiger partial charge in [0.2, 0.25) is 10.0 Å². The van der Waals surface area contributed by atoms with Gasteiger partial charge in [-0.05, 0) is 24.6 Å². The molecule has 0 saturated heterocycles. The van der Waals surface area contributed by atoms with Crippen molar-refractivity contribution in [1.29, 1.82) is 5.26 Å². The number of sulfonamides is 1. The molecule has 0 bridgehead atoms. The number of aryl methyl sites for hydroxylation is 1. The Morgan fingerprint density at radius 3 is 2.71 bits per heavy atom. The second-order valence-corrected chi connectivity index (χ2v) is 4.79. The molecule has 0 radical (unpaired) electrons. The summed E-state index contributed by atoms with van der Waals surface area (Å²) in [4.78, 5) is 11.2. The molecule has 7 heteroatoms. The lowest BCUT2D eigenvalue weighted by molar-refractivity contribution is 0.0554. The number of carbonyl (C=O) groups excluding carboxylic acids is 1. The van der Waals surface area contributed by atoms with Crippen molar-refractivity contribution in [2.75, 3.05) is 6.61 Å². The van der Waals surface area contributed by atoms with Crippen molar-refractivity contribution >= 4 is 16.0 Å². The number of benzene rings is 1. The Morgan fingerprint density at radius 2 is 2.18 bits per heavy atom. The van der Waals surface area contributed by atoms with Gasteiger partial charge >= 0.3 is 5.97 Å². The summed E-state index contributed by atoms with van der Waals surface area (Å²) in [5.74, 6) is -0.767. The van der Waals surface area contributed by atoms with Crippen molar-refractivity contribution in [3.63, 3.8) is 0 Å². The van der Waals surface area contributed by atoms with Gasteiger partial charge in [0.05, 0.1) is 10.5 Å². The maximum absolute atomic E-state index is 11.4. The summed E-state index contributed by atoms with van der Waals surface area (Å²) in [7, 11) is -3.88. The number of nitrogens with zero attached hydrogens (tertiary/aromatic N) is 1. The fourth-order valence-corrected chi connectivity index (χ4v) is 2.02. The van der Waals surface area contributed by atoms with E-state index in [1.807, 2.05) is 0 Å². The third-order valence-electron chi connectivity index (χ3n) is 2.00. The van der Waals surface area contributed by atoms with Crippen LogP contribution in [0.15, 0.2) is 23.1 Å². The molecule has 1 rings (SSSR count). The van der Waals surface area contributed by atoms with Crippen LogP contribution in [0.1, 0.15) is 15.9 Å². The van der Waals surface area contributed by atoms with Crippen LogP contribution < -0.4 is 5.14 Å². The minimum absolute atomic E-state index is 0.0369. The molecule has 0 amide bonds. The quantitative estimate of drug-likeness (QED) is 0.781. The molecule has 0 spiro atoms. The van der Waals surface area contributed by atoms with E-state index in [-0.39, 0.29) is 10.5 Å². The van der Waals surface area contributed by atoms with Crippen LogP contribution in [0.3, 0.4) is 0 Å². The maximum atomic E-state index is 11.4. The third-order valence-corrected chi connectivity index (χ3v) is 3.05. The number of nitriles is 1. The Kier molecular flexibility index (Phi) is 3.83. The van der Waals surface area contributed by atoms with Gasteiger partial charge < -0.3 is 4.74 Å². The minimum Gasteiger partial charge on any atom is -0.447 e. The van der Waals surface area contributed by atoms with E-state index in [4.69, 9.17) is 10.4 Å². The highest BCUT2D eigenvalue weighted by Gasteiger charge is 2.15. The number of esters is 1. The van der Waals surface area contributed by atoms with Gasteiger partial charge in [0.1, 0.15) is 6.07 Å². The molecule has 0 unspecified atom stereocenters. The molecule has 0 fully saturated rings. The predicted molar refractivity (Wildman–Crippen MR) is 58.4 cm³/mol. The zero-order valence-electron chi connectivity index (χ0n) is 9.00. The van der Waals surface area contributed by atoms with Gasteiger partial charge in [0.15, 0.2) is 6.61 Å². The highest BCUT2D eigenvalue weighted by atomic mass is 32.2. The molecule has 17 heavy (non-hydrogen) atoms. The molecule has 0 aliphatic heterocycles. The Morgan fingerprint density at radius 1 is 1.53 bits per heavy atom. The summed E-state index contributed by atoms with van der Waals surface area (Å²) >= 11 is 0. The lowest BCUT2D eigenvalue weighted by atomic mass is 10.1. The number of rotatable bonds is 3. The summed E-state index contributed by atoms with van der Waals surface area (Å²) in [6.45, 7) is 1.17. The normalized spacial score (nSPS) is 10.6. The van der Waals surface area contributed by atoms with E-state index in [2.05, 4.69) is 4.74 Å². The smallest absolute Gasteiger partial charge is 0.339 e. The van der Waals surface area contributed by atoms with Crippen LogP contribution in [0.2, 0.25) is 0 Å². The molecule has 1 aromatic carbocycles. The molecule has 0 saturated carbocycles. The topological polar surface area (TPSA) is 110 Å². The van der Waals surface area contributed by atoms with Gasteiger partial charge in [-0.1, -0.05) is 6.07 Å². The van der Waals surface area contributed by atoms with E-state index < -0.39 is 22.6 Å². The highest BCUT2D eigenvalue weighted by molar-refractivity contribution is 7.89. The molecule has 0 aliphatic carbocycles. The van der Waals surface area contributed by atoms with Gasteiger partial charge in [-0.2, -0.15) is 5.26 Å². The lowest BCUT2D eigenvalue weighted by Gasteiger charge is -2.06. The average molecular weight is 254 g/mol. The number of carbonyl (C=O) groups is 1. The van der Waals surface area contributed by atoms with E-state index in [9.17, 15) is 13.2 Å². The van der Waals surface area contributed by atoms with Crippen LogP contribution in [0.4, 0.5) is 0 Å². The molecule has 90 valence electrons. The molecule has 1 aromatic rings. The number of hydrogen-bond donors (Lipinski definition) is 1. The Balaban J connectivity index is 3.14.